The molecule has 0 aliphatic rings. The molecule has 0 radical (unpaired) electrons. The molecule has 0 spiro atoms. The normalized spacial score (nSPS) is 11.7. The van der Waals surface area contributed by atoms with Crippen LogP contribution < -0.4 is 4.74 Å². The minimum atomic E-state index is 0.738. The minimum absolute atomic E-state index is 0.738. The molecule has 0 fully saturated rings. The lowest BCUT2D eigenvalue weighted by Crippen LogP contribution is -1.96. The molecule has 0 atom stereocenters. The van der Waals surface area contributed by atoms with Gasteiger partial charge in [0.1, 0.15) is 22.7 Å². The van der Waals surface area contributed by atoms with Crippen molar-refractivity contribution < 1.29 is 9.15 Å². The van der Waals surface area contributed by atoms with Gasteiger partial charge in [-0.15, -0.1) is 0 Å². The van der Waals surface area contributed by atoms with Crippen LogP contribution in [0.1, 0.15) is 5.56 Å². The molecule has 15 aromatic carbocycles. The third kappa shape index (κ3) is 8.74. The highest BCUT2D eigenvalue weighted by molar-refractivity contribution is 6.26. The van der Waals surface area contributed by atoms with Gasteiger partial charge >= 0.3 is 0 Å². The van der Waals surface area contributed by atoms with Crippen LogP contribution in [0.15, 0.2) is 320 Å². The quantitative estimate of drug-likeness (QED) is 0.128. The number of ether oxygens (including phenoxy) is 1. The van der Waals surface area contributed by atoms with Crippen molar-refractivity contribution in [2.24, 2.45) is 0 Å². The fourth-order valence-electron chi connectivity index (χ4n) is 13.6. The summed E-state index contributed by atoms with van der Waals surface area (Å²) in [5.74, 6) is 1.52. The summed E-state index contributed by atoms with van der Waals surface area (Å²) in [6.07, 6.45) is 0. The average molecular weight is 1120 g/mol. The molecule has 0 bridgehead atoms. The molecule has 88 heavy (non-hydrogen) atoms. The fourth-order valence-corrected chi connectivity index (χ4v) is 13.6. The second-order valence-electron chi connectivity index (χ2n) is 23.2. The lowest BCUT2D eigenvalue weighted by Gasteiger charge is -2.17. The van der Waals surface area contributed by atoms with Gasteiger partial charge in [-0.25, -0.2) is 0 Å². The Morgan fingerprint density at radius 2 is 0.705 bits per heavy atom. The smallest absolute Gasteiger partial charge is 0.143 e. The van der Waals surface area contributed by atoms with Gasteiger partial charge in [-0.3, -0.25) is 0 Å². The molecule has 2 aromatic heterocycles. The first-order valence-electron chi connectivity index (χ1n) is 30.2. The Labute approximate surface area is 509 Å². The van der Waals surface area contributed by atoms with E-state index in [-0.39, 0.29) is 0 Å². The van der Waals surface area contributed by atoms with Crippen molar-refractivity contribution in [2.45, 2.75) is 6.92 Å². The molecule has 0 amide bonds. The fraction of sp³-hybridized carbons (Fsp3) is 0.0118. The number of aromatic nitrogens is 1. The van der Waals surface area contributed by atoms with E-state index in [9.17, 15) is 0 Å². The van der Waals surface area contributed by atoms with Gasteiger partial charge < -0.3 is 13.7 Å². The zero-order valence-electron chi connectivity index (χ0n) is 48.3. The predicted molar refractivity (Wildman–Crippen MR) is 370 cm³/mol. The Kier molecular flexibility index (Phi) is 12.1. The van der Waals surface area contributed by atoms with Crippen molar-refractivity contribution in [2.75, 3.05) is 0 Å². The van der Waals surface area contributed by atoms with Crippen molar-refractivity contribution in [1.29, 1.82) is 0 Å². The van der Waals surface area contributed by atoms with Gasteiger partial charge in [0.2, 0.25) is 0 Å². The summed E-state index contributed by atoms with van der Waals surface area (Å²) in [6.45, 7) is 2.19. The van der Waals surface area contributed by atoms with E-state index in [0.717, 1.165) is 128 Å². The SMILES string of the molecule is Cc1ccc(-c2ccccc2)cc1-c1cc(-c2ccccc2)ccc1Oc1ccc2c3ccc(-c4cc(-c5ccccc5)cc5c4oc4ccc(-c6ccccc6)cc45)cc3n(-c3cccc(-c4ccc5c6ccccc6c6ccccc6c5c4)c3)c2c1. The highest BCUT2D eigenvalue weighted by Crippen LogP contribution is 2.46. The second-order valence-corrected chi connectivity index (χ2v) is 23.2. The Bertz CT molecular complexity index is 5550. The summed E-state index contributed by atoms with van der Waals surface area (Å²) >= 11 is 0. The first-order valence-corrected chi connectivity index (χ1v) is 30.2. The molecule has 3 nitrogen and oxygen atoms in total. The number of benzene rings is 15. The van der Waals surface area contributed by atoms with E-state index in [4.69, 9.17) is 9.15 Å². The summed E-state index contributed by atoms with van der Waals surface area (Å²) in [5.41, 5.74) is 21.7. The first-order chi connectivity index (χ1) is 43.5. The summed E-state index contributed by atoms with van der Waals surface area (Å²) < 4.78 is 16.7. The van der Waals surface area contributed by atoms with Crippen LogP contribution in [0.5, 0.6) is 11.5 Å². The van der Waals surface area contributed by atoms with E-state index in [1.54, 1.807) is 0 Å². The zero-order valence-corrected chi connectivity index (χ0v) is 48.3. The van der Waals surface area contributed by atoms with Gasteiger partial charge in [0.05, 0.1) is 11.0 Å². The average Bonchev–Trinajstić information content (AvgIpc) is 1.73. The van der Waals surface area contributed by atoms with Crippen LogP contribution in [0.4, 0.5) is 0 Å². The number of furan rings is 1. The van der Waals surface area contributed by atoms with Gasteiger partial charge in [0, 0.05) is 44.4 Å². The van der Waals surface area contributed by atoms with Crippen molar-refractivity contribution in [3.8, 4) is 95.1 Å². The maximum atomic E-state index is 7.29. The minimum Gasteiger partial charge on any atom is -0.457 e. The molecule has 0 saturated carbocycles. The van der Waals surface area contributed by atoms with E-state index in [2.05, 4.69) is 327 Å². The molecule has 0 aliphatic heterocycles. The summed E-state index contributed by atoms with van der Waals surface area (Å²) in [4.78, 5) is 0. The molecule has 0 N–H and O–H groups in total. The van der Waals surface area contributed by atoms with Crippen LogP contribution in [0.2, 0.25) is 0 Å². The van der Waals surface area contributed by atoms with Gasteiger partial charge in [0.15, 0.2) is 0 Å². The predicted octanol–water partition coefficient (Wildman–Crippen LogP) is 23.9. The largest absolute Gasteiger partial charge is 0.457 e. The molecule has 0 aliphatic carbocycles. The first kappa shape index (κ1) is 50.9. The van der Waals surface area contributed by atoms with Gasteiger partial charge in [-0.1, -0.05) is 231 Å². The number of hydrogen-bond donors (Lipinski definition) is 0. The molecule has 17 rings (SSSR count). The number of rotatable bonds is 10. The van der Waals surface area contributed by atoms with Crippen LogP contribution in [0.25, 0.3) is 160 Å². The molecule has 2 heterocycles. The summed E-state index contributed by atoms with van der Waals surface area (Å²) in [7, 11) is 0. The lowest BCUT2D eigenvalue weighted by atomic mass is 9.92. The maximum absolute atomic E-state index is 7.29. The van der Waals surface area contributed by atoms with Gasteiger partial charge in [-0.05, 0) is 190 Å². The monoisotopic (exact) mass is 1120 g/mol. The van der Waals surface area contributed by atoms with Crippen molar-refractivity contribution in [3.63, 3.8) is 0 Å². The standard InChI is InChI=1S/C85H55NO2/c1-54-33-34-60(55-19-6-2-7-20-55)46-75(54)78-48-61(56-21-8-3-9-22-56)37-43-83(78)87-67-39-42-74-73-41-36-64(76-50-65(58-25-12-5-13-26-58)51-80-79-49-62(57-23-10-4-11-24-57)38-44-84(79)88-85(76)80)52-81(73)86(82(74)53-67)66-28-18-27-59(45-66)63-35-40-72-70-31-15-14-29-68(70)69-30-16-17-32-71(69)77(72)47-63/h2-53H,1H3. The molecule has 3 heteroatoms. The van der Waals surface area contributed by atoms with E-state index < -0.39 is 0 Å². The topological polar surface area (TPSA) is 27.3 Å². The van der Waals surface area contributed by atoms with Gasteiger partial charge in [-0.2, -0.15) is 0 Å². The van der Waals surface area contributed by atoms with E-state index >= 15 is 0 Å². The summed E-state index contributed by atoms with van der Waals surface area (Å²) in [5, 5.41) is 11.9. The highest BCUT2D eigenvalue weighted by atomic mass is 16.5. The molecular formula is C85H55NO2. The van der Waals surface area contributed by atoms with Crippen molar-refractivity contribution in [3.05, 3.63) is 321 Å². The highest BCUT2D eigenvalue weighted by Gasteiger charge is 2.22. The maximum Gasteiger partial charge on any atom is 0.143 e. The van der Waals surface area contributed by atoms with Crippen molar-refractivity contribution >= 4 is 76.1 Å². The molecular weight excluding hydrogens is 1070 g/mol. The Morgan fingerprint density at radius 1 is 0.261 bits per heavy atom. The number of aryl methyl sites for hydroxylation is 1. The van der Waals surface area contributed by atoms with Crippen LogP contribution in [0.3, 0.4) is 0 Å². The molecule has 412 valence electrons. The molecule has 17 aromatic rings. The van der Waals surface area contributed by atoms with Crippen LogP contribution >= 0.6 is 0 Å². The lowest BCUT2D eigenvalue weighted by molar-refractivity contribution is 0.485. The van der Waals surface area contributed by atoms with E-state index in [1.165, 1.54) is 49.0 Å². The summed E-state index contributed by atoms with van der Waals surface area (Å²) in [6, 6.07) is 114. The third-order valence-electron chi connectivity index (χ3n) is 18.0. The Balaban J connectivity index is 0.869. The third-order valence-corrected chi connectivity index (χ3v) is 18.0. The molecule has 0 unspecified atom stereocenters. The Hall–Kier alpha value is -11.5. The zero-order chi connectivity index (χ0) is 58.2. The number of hydrogen-bond acceptors (Lipinski definition) is 2. The number of fused-ring (bicyclic) bond motifs is 12. The van der Waals surface area contributed by atoms with Crippen LogP contribution in [0, 0.1) is 6.92 Å². The Morgan fingerprint density at radius 3 is 1.36 bits per heavy atom. The van der Waals surface area contributed by atoms with Crippen molar-refractivity contribution in [1.82, 2.24) is 4.57 Å². The van der Waals surface area contributed by atoms with E-state index in [1.807, 2.05) is 0 Å². The number of nitrogens with zero attached hydrogens (tertiary/aromatic N) is 1. The van der Waals surface area contributed by atoms with Crippen LogP contribution in [-0.2, 0) is 0 Å². The van der Waals surface area contributed by atoms with Crippen LogP contribution in [-0.4, -0.2) is 4.57 Å². The molecule has 0 saturated heterocycles. The van der Waals surface area contributed by atoms with Gasteiger partial charge in [0.25, 0.3) is 0 Å². The second kappa shape index (κ2) is 20.9. The van der Waals surface area contributed by atoms with E-state index in [0.29, 0.717) is 0 Å².